The van der Waals surface area contributed by atoms with Crippen molar-refractivity contribution < 1.29 is 42.9 Å². The maximum atomic E-state index is 13.8. The van der Waals surface area contributed by atoms with E-state index >= 15 is 0 Å². The average molecular weight is 670 g/mol. The van der Waals surface area contributed by atoms with E-state index in [1.54, 1.807) is 55.5 Å². The first-order chi connectivity index (χ1) is 21.9. The van der Waals surface area contributed by atoms with Gasteiger partial charge in [-0.25, -0.2) is 0 Å². The van der Waals surface area contributed by atoms with Gasteiger partial charge in [-0.3, -0.25) is 19.2 Å². The van der Waals surface area contributed by atoms with Crippen LogP contribution >= 0.6 is 23.4 Å². The summed E-state index contributed by atoms with van der Waals surface area (Å²) in [6.07, 6.45) is -3.47. The minimum atomic E-state index is -1.22. The lowest BCUT2D eigenvalue weighted by atomic mass is 9.82. The predicted octanol–water partition coefficient (Wildman–Crippen LogP) is 4.57. The molecular formula is C32H32ClN3O9S. The van der Waals surface area contributed by atoms with Crippen LogP contribution in [-0.2, 0) is 38.1 Å². The number of allylic oxidation sites excluding steroid dienone is 2. The number of benzene rings is 2. The van der Waals surface area contributed by atoms with Crippen molar-refractivity contribution in [3.05, 3.63) is 81.0 Å². The Morgan fingerprint density at radius 1 is 0.957 bits per heavy atom. The molecule has 0 aliphatic carbocycles. The summed E-state index contributed by atoms with van der Waals surface area (Å²) in [7, 11) is 1.53. The van der Waals surface area contributed by atoms with Gasteiger partial charge in [0.25, 0.3) is 5.91 Å². The molecular weight excluding hydrogens is 638 g/mol. The smallest absolute Gasteiger partial charge is 0.303 e. The number of hydrogen-bond acceptors (Lipinski definition) is 12. The molecule has 14 heteroatoms. The molecule has 46 heavy (non-hydrogen) atoms. The predicted molar refractivity (Wildman–Crippen MR) is 168 cm³/mol. The standard InChI is InChI=1S/C32H32ClN3O9S/c1-16-26(30(40)36-22-10-8-21(33)9-11-22)27(20-6-12-23(41-5)13-7-20)24(14-34)31(35-16)46-32-29(45-19(4)39)28(44-18(3)38)25(15-42-32)43-17(2)37/h6-13,25,27-29,32,35H,15H2,1-5H3,(H,36,40)/t25-,27?,28+,29-,32+/m1/s1. The van der Waals surface area contributed by atoms with E-state index in [1.807, 2.05) is 0 Å². The quantitative estimate of drug-likeness (QED) is 0.283. The molecule has 2 aromatic rings. The van der Waals surface area contributed by atoms with E-state index in [2.05, 4.69) is 16.7 Å². The first kappa shape index (κ1) is 34.4. The third kappa shape index (κ3) is 8.20. The Kier molecular flexibility index (Phi) is 11.3. The van der Waals surface area contributed by atoms with Crippen LogP contribution in [-0.4, -0.2) is 61.3 Å². The molecule has 0 aromatic heterocycles. The number of methoxy groups -OCH3 is 1. The Hall–Kier alpha value is -4.51. The van der Waals surface area contributed by atoms with Crippen LogP contribution in [0.1, 0.15) is 39.2 Å². The summed E-state index contributed by atoms with van der Waals surface area (Å²) < 4.78 is 27.6. The highest BCUT2D eigenvalue weighted by Gasteiger charge is 2.48. The highest BCUT2D eigenvalue weighted by atomic mass is 35.5. The molecule has 2 aromatic carbocycles. The molecule has 1 fully saturated rings. The molecule has 2 aliphatic rings. The van der Waals surface area contributed by atoms with Crippen LogP contribution in [0.15, 0.2) is 70.4 Å². The first-order valence-corrected chi connectivity index (χ1v) is 15.3. The summed E-state index contributed by atoms with van der Waals surface area (Å²) in [5, 5.41) is 17.4. The van der Waals surface area contributed by atoms with Gasteiger partial charge >= 0.3 is 17.9 Å². The minimum absolute atomic E-state index is 0.179. The molecule has 0 bridgehead atoms. The highest BCUT2D eigenvalue weighted by Crippen LogP contribution is 2.44. The van der Waals surface area contributed by atoms with Crippen LogP contribution in [0.25, 0.3) is 0 Å². The number of carbonyl (C=O) groups is 4. The summed E-state index contributed by atoms with van der Waals surface area (Å²) >= 11 is 7.03. The number of esters is 3. The van der Waals surface area contributed by atoms with Crippen LogP contribution in [0.4, 0.5) is 5.69 Å². The molecule has 2 N–H and O–H groups in total. The Balaban J connectivity index is 1.75. The van der Waals surface area contributed by atoms with Crippen LogP contribution in [0.2, 0.25) is 5.02 Å². The van der Waals surface area contributed by atoms with E-state index < -0.39 is 53.5 Å². The van der Waals surface area contributed by atoms with Gasteiger partial charge in [-0.15, -0.1) is 0 Å². The third-order valence-corrected chi connectivity index (χ3v) is 8.43. The largest absolute Gasteiger partial charge is 0.497 e. The van der Waals surface area contributed by atoms with Crippen molar-refractivity contribution >= 4 is 52.9 Å². The lowest BCUT2D eigenvalue weighted by Crippen LogP contribution is -2.56. The lowest BCUT2D eigenvalue weighted by molar-refractivity contribution is -0.213. The van der Waals surface area contributed by atoms with Crippen LogP contribution in [0, 0.1) is 11.3 Å². The second-order valence-electron chi connectivity index (χ2n) is 10.3. The van der Waals surface area contributed by atoms with Gasteiger partial charge in [0.2, 0.25) is 0 Å². The molecule has 5 atom stereocenters. The molecule has 1 unspecified atom stereocenters. The first-order valence-electron chi connectivity index (χ1n) is 14.0. The van der Waals surface area contributed by atoms with Crippen molar-refractivity contribution in [2.45, 2.75) is 57.4 Å². The maximum absolute atomic E-state index is 13.8. The van der Waals surface area contributed by atoms with E-state index in [-0.39, 0.29) is 17.8 Å². The summed E-state index contributed by atoms with van der Waals surface area (Å²) in [5.41, 5.74) is 1.03. The summed E-state index contributed by atoms with van der Waals surface area (Å²) in [6, 6.07) is 15.8. The number of carbonyl (C=O) groups excluding carboxylic acids is 4. The Labute approximate surface area is 275 Å². The van der Waals surface area contributed by atoms with E-state index in [1.165, 1.54) is 27.9 Å². The molecule has 2 aliphatic heterocycles. The number of nitrogens with zero attached hydrogens (tertiary/aromatic N) is 1. The van der Waals surface area contributed by atoms with Gasteiger partial charge in [-0.1, -0.05) is 35.5 Å². The molecule has 12 nitrogen and oxygen atoms in total. The number of nitriles is 1. The van der Waals surface area contributed by atoms with Crippen LogP contribution < -0.4 is 15.4 Å². The van der Waals surface area contributed by atoms with E-state index in [4.69, 9.17) is 35.3 Å². The maximum Gasteiger partial charge on any atom is 0.303 e. The number of anilines is 1. The second kappa shape index (κ2) is 15.2. The minimum Gasteiger partial charge on any atom is -0.497 e. The summed E-state index contributed by atoms with van der Waals surface area (Å²) in [4.78, 5) is 49.8. The average Bonchev–Trinajstić information content (AvgIpc) is 3.00. The molecule has 1 saturated heterocycles. The number of amides is 1. The van der Waals surface area contributed by atoms with Crippen molar-refractivity contribution in [1.29, 1.82) is 5.26 Å². The van der Waals surface area contributed by atoms with E-state index in [9.17, 15) is 24.4 Å². The van der Waals surface area contributed by atoms with Crippen molar-refractivity contribution in [1.82, 2.24) is 5.32 Å². The fourth-order valence-corrected chi connectivity index (χ4v) is 6.45. The summed E-state index contributed by atoms with van der Waals surface area (Å²) in [5.74, 6) is -2.72. The Morgan fingerprint density at radius 2 is 1.57 bits per heavy atom. The van der Waals surface area contributed by atoms with Crippen molar-refractivity contribution in [2.24, 2.45) is 0 Å². The van der Waals surface area contributed by atoms with Crippen molar-refractivity contribution in [3.63, 3.8) is 0 Å². The molecule has 0 spiro atoms. The molecule has 242 valence electrons. The molecule has 0 saturated carbocycles. The Morgan fingerprint density at radius 3 is 2.13 bits per heavy atom. The van der Waals surface area contributed by atoms with E-state index in [0.717, 1.165) is 11.8 Å². The SMILES string of the molecule is COc1ccc(C2C(C#N)=C(S[C@@H]3OC[C@@H](OC(C)=O)[C@H](OC(C)=O)[C@H]3OC(C)=O)NC(C)=C2C(=O)Nc2ccc(Cl)cc2)cc1. The van der Waals surface area contributed by atoms with Crippen LogP contribution in [0.5, 0.6) is 5.75 Å². The zero-order valence-corrected chi connectivity index (χ0v) is 27.2. The lowest BCUT2D eigenvalue weighted by Gasteiger charge is -2.41. The Bertz CT molecular complexity index is 1600. The van der Waals surface area contributed by atoms with Gasteiger partial charge in [0.1, 0.15) is 11.2 Å². The van der Waals surface area contributed by atoms with Gasteiger partial charge in [-0.05, 0) is 48.9 Å². The second-order valence-corrected chi connectivity index (χ2v) is 11.8. The van der Waals surface area contributed by atoms with Gasteiger partial charge < -0.3 is 34.3 Å². The number of rotatable bonds is 9. The van der Waals surface area contributed by atoms with Gasteiger partial charge in [0, 0.05) is 42.8 Å². The monoisotopic (exact) mass is 669 g/mol. The zero-order chi connectivity index (χ0) is 33.5. The topological polar surface area (TPSA) is 162 Å². The van der Waals surface area contributed by atoms with Gasteiger partial charge in [0.15, 0.2) is 18.3 Å². The number of hydrogen-bond donors (Lipinski definition) is 2. The normalized spacial score (nSPS) is 22.6. The molecule has 2 heterocycles. The van der Waals surface area contributed by atoms with Crippen LogP contribution in [0.3, 0.4) is 0 Å². The number of nitrogens with one attached hydrogen (secondary N) is 2. The van der Waals surface area contributed by atoms with Crippen molar-refractivity contribution in [3.8, 4) is 11.8 Å². The summed E-state index contributed by atoms with van der Waals surface area (Å²) in [6.45, 7) is 5.06. The van der Waals surface area contributed by atoms with Gasteiger partial charge in [0.05, 0.1) is 36.3 Å². The molecule has 4 rings (SSSR count). The highest BCUT2D eigenvalue weighted by molar-refractivity contribution is 8.03. The number of thioether (sulfide) groups is 1. The number of halogens is 1. The molecule has 0 radical (unpaired) electrons. The number of dihydropyridines is 1. The van der Waals surface area contributed by atoms with Gasteiger partial charge in [-0.2, -0.15) is 5.26 Å². The fraction of sp³-hybridized carbons (Fsp3) is 0.344. The fourth-order valence-electron chi connectivity index (χ4n) is 5.09. The zero-order valence-electron chi connectivity index (χ0n) is 25.6. The van der Waals surface area contributed by atoms with Crippen molar-refractivity contribution in [2.75, 3.05) is 19.0 Å². The third-order valence-electron chi connectivity index (χ3n) is 6.98. The molecule has 1 amide bonds. The number of ether oxygens (including phenoxy) is 5. The van der Waals surface area contributed by atoms with E-state index in [0.29, 0.717) is 32.7 Å².